The molecule has 168 valence electrons. The highest BCUT2D eigenvalue weighted by atomic mass is 16.5. The number of esters is 1. The van der Waals surface area contributed by atoms with Crippen LogP contribution in [0.25, 0.3) is 5.57 Å². The minimum absolute atomic E-state index is 0.306. The molecule has 0 saturated heterocycles. The molecule has 31 heavy (non-hydrogen) atoms. The molecule has 0 spiro atoms. The van der Waals surface area contributed by atoms with E-state index in [9.17, 15) is 4.79 Å². The fraction of sp³-hybridized carbons (Fsp3) is 0.483. The first-order valence-corrected chi connectivity index (χ1v) is 12.1. The Balaban J connectivity index is 0.00000166. The average molecular weight is 421 g/mol. The first kappa shape index (κ1) is 24.9. The van der Waals surface area contributed by atoms with Gasteiger partial charge in [-0.1, -0.05) is 82.9 Å². The Labute approximate surface area is 189 Å². The summed E-state index contributed by atoms with van der Waals surface area (Å²) in [6.07, 6.45) is 10.7. The smallest absolute Gasteiger partial charge is 0.343 e. The van der Waals surface area contributed by atoms with Crippen LogP contribution >= 0.6 is 0 Å². The highest BCUT2D eigenvalue weighted by molar-refractivity contribution is 5.91. The monoisotopic (exact) mass is 420 g/mol. The number of rotatable bonds is 8. The fourth-order valence-corrected chi connectivity index (χ4v) is 4.33. The zero-order valence-corrected chi connectivity index (χ0v) is 20.0. The molecule has 0 atom stereocenters. The zero-order valence-electron chi connectivity index (χ0n) is 20.0. The van der Waals surface area contributed by atoms with Crippen molar-refractivity contribution in [2.75, 3.05) is 0 Å². The number of allylic oxidation sites excluding steroid dienone is 1. The van der Waals surface area contributed by atoms with Crippen LogP contribution in [-0.2, 0) is 0 Å². The van der Waals surface area contributed by atoms with Crippen LogP contribution in [0.1, 0.15) is 106 Å². The van der Waals surface area contributed by atoms with E-state index in [2.05, 4.69) is 25.6 Å². The van der Waals surface area contributed by atoms with E-state index in [4.69, 9.17) is 4.74 Å². The standard InChI is InChI=1S/C27H34O2.C2H6/c1-4-5-6-7-21-8-10-23(11-9-21)24-12-14-25(15-13-24)27(28)29-26-18-16-22(17-19-26)20(2)3;1-2/h12-19,21,23H,2,4-11H2,1,3H3;1-2H3. The van der Waals surface area contributed by atoms with Crippen molar-refractivity contribution in [3.8, 4) is 5.75 Å². The Hall–Kier alpha value is -2.35. The molecule has 2 aromatic rings. The van der Waals surface area contributed by atoms with Crippen molar-refractivity contribution in [1.29, 1.82) is 0 Å². The molecule has 0 aliphatic heterocycles. The van der Waals surface area contributed by atoms with Crippen LogP contribution < -0.4 is 4.74 Å². The molecular formula is C29H40O2. The van der Waals surface area contributed by atoms with Crippen molar-refractivity contribution in [2.45, 2.75) is 85.0 Å². The van der Waals surface area contributed by atoms with Gasteiger partial charge in [0.25, 0.3) is 0 Å². The second-order valence-corrected chi connectivity index (χ2v) is 8.53. The van der Waals surface area contributed by atoms with Crippen molar-refractivity contribution in [2.24, 2.45) is 5.92 Å². The molecule has 2 nitrogen and oxygen atoms in total. The molecule has 0 radical (unpaired) electrons. The predicted molar refractivity (Wildman–Crippen MR) is 133 cm³/mol. The van der Waals surface area contributed by atoms with Gasteiger partial charge < -0.3 is 4.74 Å². The number of unbranched alkanes of at least 4 members (excludes halogenated alkanes) is 2. The number of ether oxygens (including phenoxy) is 1. The van der Waals surface area contributed by atoms with Gasteiger partial charge in [-0.3, -0.25) is 0 Å². The van der Waals surface area contributed by atoms with Crippen LogP contribution in [0.3, 0.4) is 0 Å². The van der Waals surface area contributed by atoms with E-state index in [-0.39, 0.29) is 5.97 Å². The number of benzene rings is 2. The number of carbonyl (C=O) groups excluding carboxylic acids is 1. The van der Waals surface area contributed by atoms with E-state index >= 15 is 0 Å². The molecule has 0 heterocycles. The number of carbonyl (C=O) groups is 1. The molecular weight excluding hydrogens is 380 g/mol. The normalized spacial score (nSPS) is 17.9. The predicted octanol–water partition coefficient (Wildman–Crippen LogP) is 8.82. The maximum absolute atomic E-state index is 12.4. The lowest BCUT2D eigenvalue weighted by Crippen LogP contribution is -2.14. The van der Waals surface area contributed by atoms with Gasteiger partial charge in [-0.25, -0.2) is 4.79 Å². The van der Waals surface area contributed by atoms with E-state index in [1.165, 1.54) is 56.9 Å². The lowest BCUT2D eigenvalue weighted by molar-refractivity contribution is 0.0734. The lowest BCUT2D eigenvalue weighted by atomic mass is 9.77. The Bertz CT molecular complexity index is 794. The Morgan fingerprint density at radius 2 is 1.48 bits per heavy atom. The van der Waals surface area contributed by atoms with Gasteiger partial charge in [0.15, 0.2) is 0 Å². The van der Waals surface area contributed by atoms with Gasteiger partial charge in [-0.05, 0) is 79.8 Å². The SMILES string of the molecule is C=C(C)c1ccc(OC(=O)c2ccc(C3CCC(CCCCC)CC3)cc2)cc1.CC. The summed E-state index contributed by atoms with van der Waals surface area (Å²) in [5, 5.41) is 0. The molecule has 1 fully saturated rings. The fourth-order valence-electron chi connectivity index (χ4n) is 4.33. The van der Waals surface area contributed by atoms with Gasteiger partial charge in [0.1, 0.15) is 5.75 Å². The van der Waals surface area contributed by atoms with E-state index in [0.717, 1.165) is 17.1 Å². The molecule has 1 saturated carbocycles. The summed E-state index contributed by atoms with van der Waals surface area (Å²) in [4.78, 5) is 12.4. The van der Waals surface area contributed by atoms with Gasteiger partial charge >= 0.3 is 5.97 Å². The third-order valence-electron chi connectivity index (χ3n) is 6.24. The maximum Gasteiger partial charge on any atom is 0.343 e. The van der Waals surface area contributed by atoms with Gasteiger partial charge in [-0.2, -0.15) is 0 Å². The highest BCUT2D eigenvalue weighted by Crippen LogP contribution is 2.37. The number of hydrogen-bond donors (Lipinski definition) is 0. The van der Waals surface area contributed by atoms with Crippen molar-refractivity contribution >= 4 is 11.5 Å². The summed E-state index contributed by atoms with van der Waals surface area (Å²) in [5.41, 5.74) is 4.01. The van der Waals surface area contributed by atoms with Crippen LogP contribution in [0.2, 0.25) is 0 Å². The minimum Gasteiger partial charge on any atom is -0.423 e. The summed E-state index contributed by atoms with van der Waals surface area (Å²) in [5.74, 6) is 1.81. The third kappa shape index (κ3) is 7.69. The van der Waals surface area contributed by atoms with Crippen LogP contribution in [0, 0.1) is 5.92 Å². The summed E-state index contributed by atoms with van der Waals surface area (Å²) in [7, 11) is 0. The van der Waals surface area contributed by atoms with E-state index in [1.54, 1.807) is 0 Å². The first-order chi connectivity index (χ1) is 15.1. The average Bonchev–Trinajstić information content (AvgIpc) is 2.81. The largest absolute Gasteiger partial charge is 0.423 e. The molecule has 3 rings (SSSR count). The Morgan fingerprint density at radius 1 is 0.903 bits per heavy atom. The van der Waals surface area contributed by atoms with Gasteiger partial charge in [0, 0.05) is 0 Å². The summed E-state index contributed by atoms with van der Waals surface area (Å²) in [6.45, 7) is 12.2. The molecule has 0 unspecified atom stereocenters. The second kappa shape index (κ2) is 13.1. The topological polar surface area (TPSA) is 26.3 Å². The van der Waals surface area contributed by atoms with Gasteiger partial charge in [0.05, 0.1) is 5.56 Å². The van der Waals surface area contributed by atoms with Crippen molar-refractivity contribution in [3.63, 3.8) is 0 Å². The molecule has 0 amide bonds. The lowest BCUT2D eigenvalue weighted by Gasteiger charge is -2.29. The van der Waals surface area contributed by atoms with E-state index < -0.39 is 0 Å². The quantitative estimate of drug-likeness (QED) is 0.242. The second-order valence-electron chi connectivity index (χ2n) is 8.53. The maximum atomic E-state index is 12.4. The van der Waals surface area contributed by atoms with Gasteiger partial charge in [-0.15, -0.1) is 0 Å². The zero-order chi connectivity index (χ0) is 22.6. The van der Waals surface area contributed by atoms with Crippen LogP contribution in [0.15, 0.2) is 55.1 Å². The van der Waals surface area contributed by atoms with Gasteiger partial charge in [0.2, 0.25) is 0 Å². The first-order valence-electron chi connectivity index (χ1n) is 12.1. The minimum atomic E-state index is -0.306. The van der Waals surface area contributed by atoms with E-state index in [0.29, 0.717) is 17.2 Å². The summed E-state index contributed by atoms with van der Waals surface area (Å²) >= 11 is 0. The Morgan fingerprint density at radius 3 is 2.03 bits per heavy atom. The van der Waals surface area contributed by atoms with E-state index in [1.807, 2.05) is 57.2 Å². The Kier molecular flexibility index (Phi) is 10.6. The number of hydrogen-bond acceptors (Lipinski definition) is 2. The molecule has 2 aromatic carbocycles. The van der Waals surface area contributed by atoms with Crippen LogP contribution in [-0.4, -0.2) is 5.97 Å². The molecule has 0 bridgehead atoms. The molecule has 2 heteroatoms. The van der Waals surface area contributed by atoms with Crippen molar-refractivity contribution < 1.29 is 9.53 Å². The van der Waals surface area contributed by atoms with Crippen LogP contribution in [0.5, 0.6) is 5.75 Å². The molecule has 1 aliphatic rings. The van der Waals surface area contributed by atoms with Crippen molar-refractivity contribution in [1.82, 2.24) is 0 Å². The summed E-state index contributed by atoms with van der Waals surface area (Å²) in [6, 6.07) is 15.5. The highest BCUT2D eigenvalue weighted by Gasteiger charge is 2.22. The van der Waals surface area contributed by atoms with Crippen LogP contribution in [0.4, 0.5) is 0 Å². The third-order valence-corrected chi connectivity index (χ3v) is 6.24. The van der Waals surface area contributed by atoms with Crippen molar-refractivity contribution in [3.05, 3.63) is 71.8 Å². The molecule has 1 aliphatic carbocycles. The molecule has 0 N–H and O–H groups in total. The summed E-state index contributed by atoms with van der Waals surface area (Å²) < 4.78 is 5.51. The molecule has 0 aromatic heterocycles.